The van der Waals surface area contributed by atoms with Crippen molar-refractivity contribution >= 4 is 39.2 Å². The number of aliphatic imine (C=N–C) groups is 1. The molecule has 0 aromatic heterocycles. The van der Waals surface area contributed by atoms with E-state index < -0.39 is 10.0 Å². The monoisotopic (exact) mass is 498 g/mol. The van der Waals surface area contributed by atoms with E-state index in [0.717, 1.165) is 11.1 Å². The zero-order valence-corrected chi connectivity index (χ0v) is 22.6. The first-order valence-corrected chi connectivity index (χ1v) is 13.4. The lowest BCUT2D eigenvalue weighted by Gasteiger charge is -2.20. The zero-order chi connectivity index (χ0) is 25.5. The highest BCUT2D eigenvalue weighted by atomic mass is 35.5. The molecule has 6 heteroatoms. The fraction of sp³-hybridized carbons (Fsp3) is 0.321. The maximum absolute atomic E-state index is 13.1. The number of benzene rings is 2. The number of nitrogens with one attached hydrogen (secondary N) is 1. The van der Waals surface area contributed by atoms with Crippen molar-refractivity contribution in [3.8, 4) is 0 Å². The molecule has 2 aromatic rings. The largest absolute Gasteiger partial charge is 0.279 e. The third kappa shape index (κ3) is 6.71. The molecule has 0 radical (unpaired) electrons. The topological polar surface area (TPSA) is 58.5 Å². The third-order valence-electron chi connectivity index (χ3n) is 5.33. The molecule has 0 saturated heterocycles. The Morgan fingerprint density at radius 1 is 1.03 bits per heavy atom. The molecular weight excluding hydrogens is 464 g/mol. The molecule has 4 nitrogen and oxygen atoms in total. The Morgan fingerprint density at radius 2 is 1.68 bits per heavy atom. The van der Waals surface area contributed by atoms with Crippen molar-refractivity contribution in [2.75, 3.05) is 4.72 Å². The predicted octanol–water partition coefficient (Wildman–Crippen LogP) is 8.03. The van der Waals surface area contributed by atoms with Crippen molar-refractivity contribution in [3.05, 3.63) is 88.5 Å². The molecule has 0 aliphatic carbocycles. The molecular formula is C28H35ClN2O2S. The summed E-state index contributed by atoms with van der Waals surface area (Å²) in [5.41, 5.74) is 3.81. The van der Waals surface area contributed by atoms with E-state index in [2.05, 4.69) is 36.6 Å². The molecule has 1 heterocycles. The van der Waals surface area contributed by atoms with Crippen LogP contribution in [0.5, 0.6) is 0 Å². The molecule has 0 bridgehead atoms. The van der Waals surface area contributed by atoms with Gasteiger partial charge in [0.15, 0.2) is 0 Å². The van der Waals surface area contributed by atoms with Crippen molar-refractivity contribution in [2.24, 2.45) is 10.9 Å². The van der Waals surface area contributed by atoms with Crippen LogP contribution >= 0.6 is 11.6 Å². The highest BCUT2D eigenvalue weighted by Gasteiger charge is 2.21. The highest BCUT2D eigenvalue weighted by molar-refractivity contribution is 7.92. The second-order valence-electron chi connectivity index (χ2n) is 8.72. The maximum atomic E-state index is 13.1. The van der Waals surface area contributed by atoms with E-state index in [0.29, 0.717) is 22.0 Å². The van der Waals surface area contributed by atoms with Crippen LogP contribution in [0, 0.1) is 5.92 Å². The number of sulfonamides is 1. The summed E-state index contributed by atoms with van der Waals surface area (Å²) in [6.45, 7) is 14.2. The van der Waals surface area contributed by atoms with Crippen molar-refractivity contribution in [1.29, 1.82) is 0 Å². The first-order chi connectivity index (χ1) is 16.0. The molecule has 2 aromatic carbocycles. The first kappa shape index (κ1) is 27.6. The maximum Gasteiger partial charge on any atom is 0.261 e. The van der Waals surface area contributed by atoms with Crippen LogP contribution in [0.15, 0.2) is 82.2 Å². The normalized spacial score (nSPS) is 17.4. The van der Waals surface area contributed by atoms with E-state index >= 15 is 0 Å². The summed E-state index contributed by atoms with van der Waals surface area (Å²) in [6.07, 6.45) is 9.90. The molecule has 1 aliphatic rings. The Hall–Kier alpha value is -2.63. The van der Waals surface area contributed by atoms with Crippen molar-refractivity contribution in [3.63, 3.8) is 0 Å². The number of hydrogen-bond acceptors (Lipinski definition) is 3. The van der Waals surface area contributed by atoms with E-state index in [9.17, 15) is 8.42 Å². The number of nitrogens with zero attached hydrogens (tertiary/aromatic N) is 1. The van der Waals surface area contributed by atoms with Crippen LogP contribution in [0.2, 0.25) is 5.02 Å². The van der Waals surface area contributed by atoms with Gasteiger partial charge in [0.1, 0.15) is 0 Å². The highest BCUT2D eigenvalue weighted by Crippen LogP contribution is 2.34. The summed E-state index contributed by atoms with van der Waals surface area (Å²) < 4.78 is 29.0. The Balaban J connectivity index is 0.00000199. The van der Waals surface area contributed by atoms with Crippen LogP contribution in [0.1, 0.15) is 59.6 Å². The fourth-order valence-corrected chi connectivity index (χ4v) is 4.74. The van der Waals surface area contributed by atoms with Gasteiger partial charge in [0.05, 0.1) is 16.3 Å². The molecule has 0 fully saturated rings. The van der Waals surface area contributed by atoms with E-state index in [-0.39, 0.29) is 16.2 Å². The van der Waals surface area contributed by atoms with Gasteiger partial charge in [-0.05, 0) is 66.8 Å². The van der Waals surface area contributed by atoms with E-state index in [1.165, 1.54) is 0 Å². The minimum absolute atomic E-state index is 0.0557. The summed E-state index contributed by atoms with van der Waals surface area (Å²) >= 11 is 6.25. The minimum atomic E-state index is -3.79. The van der Waals surface area contributed by atoms with Gasteiger partial charge in [-0.2, -0.15) is 0 Å². The van der Waals surface area contributed by atoms with Gasteiger partial charge in [-0.25, -0.2) is 8.42 Å². The fourth-order valence-electron chi connectivity index (χ4n) is 3.48. The molecule has 182 valence electrons. The zero-order valence-electron chi connectivity index (χ0n) is 21.1. The lowest BCUT2D eigenvalue weighted by molar-refractivity contribution is 0.587. The third-order valence-corrected chi connectivity index (χ3v) is 6.94. The number of allylic oxidation sites excluding steroid dienone is 5. The SMILES string of the molecule is CC.CC=CC1C=NC(c2cc(Cl)ccc2NS(=O)(=O)c2ccc(C(C)(C)C)cc2)=C/C1=C/C. The van der Waals surface area contributed by atoms with E-state index in [1.807, 2.05) is 64.3 Å². The minimum Gasteiger partial charge on any atom is -0.279 e. The van der Waals surface area contributed by atoms with E-state index in [4.69, 9.17) is 11.6 Å². The lowest BCUT2D eigenvalue weighted by atomic mass is 9.87. The molecule has 0 amide bonds. The van der Waals surface area contributed by atoms with Crippen LogP contribution in [0.3, 0.4) is 0 Å². The number of hydrogen-bond donors (Lipinski definition) is 1. The predicted molar refractivity (Wildman–Crippen MR) is 147 cm³/mol. The molecule has 1 aliphatic heterocycles. The average molecular weight is 499 g/mol. The Labute approximate surface area is 210 Å². The van der Waals surface area contributed by atoms with Gasteiger partial charge in [-0.1, -0.05) is 76.6 Å². The molecule has 34 heavy (non-hydrogen) atoms. The van der Waals surface area contributed by atoms with Crippen LogP contribution in [-0.2, 0) is 15.4 Å². The van der Waals surface area contributed by atoms with Crippen molar-refractivity contribution < 1.29 is 8.42 Å². The first-order valence-electron chi connectivity index (χ1n) is 11.5. The molecule has 0 saturated carbocycles. The quantitative estimate of drug-likeness (QED) is 0.424. The summed E-state index contributed by atoms with van der Waals surface area (Å²) in [5.74, 6) is 0.0920. The number of rotatable bonds is 5. The van der Waals surface area contributed by atoms with Crippen molar-refractivity contribution in [1.82, 2.24) is 0 Å². The summed E-state index contributed by atoms with van der Waals surface area (Å²) in [4.78, 5) is 4.80. The molecule has 0 spiro atoms. The van der Waals surface area contributed by atoms with Crippen LogP contribution in [-0.4, -0.2) is 14.6 Å². The molecule has 1 unspecified atom stereocenters. The van der Waals surface area contributed by atoms with E-state index in [1.54, 1.807) is 30.3 Å². The van der Waals surface area contributed by atoms with Gasteiger partial charge in [-0.15, -0.1) is 0 Å². The second-order valence-corrected chi connectivity index (χ2v) is 10.8. The molecule has 1 atom stereocenters. The molecule has 3 rings (SSSR count). The van der Waals surface area contributed by atoms with Gasteiger partial charge < -0.3 is 0 Å². The Bertz CT molecular complexity index is 1220. The number of halogens is 1. The Morgan fingerprint density at radius 3 is 2.24 bits per heavy atom. The average Bonchev–Trinajstić information content (AvgIpc) is 2.81. The lowest BCUT2D eigenvalue weighted by Crippen LogP contribution is -2.16. The van der Waals surface area contributed by atoms with Gasteiger partial charge >= 0.3 is 0 Å². The summed E-state index contributed by atoms with van der Waals surface area (Å²) in [5, 5.41) is 0.506. The second kappa shape index (κ2) is 11.7. The van der Waals surface area contributed by atoms with Crippen LogP contribution in [0.4, 0.5) is 5.69 Å². The molecule has 1 N–H and O–H groups in total. The van der Waals surface area contributed by atoms with Crippen LogP contribution < -0.4 is 4.72 Å². The van der Waals surface area contributed by atoms with Crippen LogP contribution in [0.25, 0.3) is 5.70 Å². The summed E-state index contributed by atoms with van der Waals surface area (Å²) in [7, 11) is -3.79. The smallest absolute Gasteiger partial charge is 0.261 e. The summed E-state index contributed by atoms with van der Waals surface area (Å²) in [6, 6.07) is 12.0. The van der Waals surface area contributed by atoms with Crippen molar-refractivity contribution in [2.45, 2.75) is 58.8 Å². The standard InChI is InChI=1S/C26H29ClN2O2S.C2H6/c1-6-8-19-17-28-25(15-18(19)7-2)23-16-21(27)11-14-24(23)29-32(30,31)22-12-9-20(10-13-22)26(3,4)5;1-2/h6-17,19,29H,1-5H3;1-2H3/b8-6?,18-7-;. The van der Waals surface area contributed by atoms with Gasteiger partial charge in [0.25, 0.3) is 10.0 Å². The van der Waals surface area contributed by atoms with Gasteiger partial charge in [0, 0.05) is 22.7 Å². The van der Waals surface area contributed by atoms with Gasteiger partial charge in [-0.3, -0.25) is 9.71 Å². The van der Waals surface area contributed by atoms with Gasteiger partial charge in [0.2, 0.25) is 0 Å². The number of anilines is 1. The Kier molecular flexibility index (Phi) is 9.48.